The molecule has 0 heterocycles. The van der Waals surface area contributed by atoms with E-state index in [0.29, 0.717) is 0 Å². The molecule has 132 valence electrons. The number of carboxylic acid groups (broad SMARTS) is 2. The van der Waals surface area contributed by atoms with Crippen LogP contribution in [0, 0.1) is 0 Å². The van der Waals surface area contributed by atoms with Gasteiger partial charge in [-0.25, -0.2) is 13.2 Å². The summed E-state index contributed by atoms with van der Waals surface area (Å²) in [4.78, 5) is 22.0. The van der Waals surface area contributed by atoms with Crippen LogP contribution < -0.4 is 4.31 Å². The van der Waals surface area contributed by atoms with Gasteiger partial charge in [0.2, 0.25) is 10.0 Å². The van der Waals surface area contributed by atoms with Crippen molar-refractivity contribution in [3.8, 4) is 0 Å². The molecule has 1 unspecified atom stereocenters. The monoisotopic (exact) mass is 357 g/mol. The smallest absolute Gasteiger partial charge is 0.335 e. The normalized spacial score (nSPS) is 12.4. The van der Waals surface area contributed by atoms with Gasteiger partial charge in [-0.2, -0.15) is 0 Å². The molecule has 9 heteroatoms. The van der Waals surface area contributed by atoms with Gasteiger partial charge < -0.3 is 14.9 Å². The lowest BCUT2D eigenvalue weighted by atomic mass is 10.1. The third kappa shape index (κ3) is 5.67. The Kier molecular flexibility index (Phi) is 6.93. The van der Waals surface area contributed by atoms with Crippen LogP contribution in [0.4, 0.5) is 5.69 Å². The average molecular weight is 357 g/mol. The highest BCUT2D eigenvalue weighted by molar-refractivity contribution is 7.92. The van der Waals surface area contributed by atoms with Crippen molar-refractivity contribution in [2.24, 2.45) is 0 Å². The van der Waals surface area contributed by atoms with Crippen molar-refractivity contribution in [3.63, 3.8) is 0 Å². The highest BCUT2D eigenvalue weighted by Gasteiger charge is 2.29. The molecule has 1 aromatic carbocycles. The van der Waals surface area contributed by atoms with E-state index in [-0.39, 0.29) is 24.5 Å². The Bertz CT molecular complexity index is 697. The predicted octanol–water partition coefficient (Wildman–Crippen LogP) is 1.20. The second kappa shape index (κ2) is 8.46. The number of anilines is 1. The first-order chi connectivity index (χ1) is 11.2. The van der Waals surface area contributed by atoms with Crippen molar-refractivity contribution in [1.29, 1.82) is 0 Å². The van der Waals surface area contributed by atoms with Crippen molar-refractivity contribution in [2.45, 2.75) is 12.5 Å². The number of rotatable bonds is 10. The van der Waals surface area contributed by atoms with Crippen LogP contribution >= 0.6 is 0 Å². The number of hydrogen-bond donors (Lipinski definition) is 2. The predicted molar refractivity (Wildman–Crippen MR) is 87.8 cm³/mol. The molecule has 0 aliphatic heterocycles. The van der Waals surface area contributed by atoms with E-state index in [2.05, 4.69) is 6.58 Å². The van der Waals surface area contributed by atoms with Gasteiger partial charge in [-0.15, -0.1) is 6.58 Å². The van der Waals surface area contributed by atoms with Gasteiger partial charge in [0.1, 0.15) is 0 Å². The zero-order valence-corrected chi connectivity index (χ0v) is 13.9. The molecule has 0 radical (unpaired) electrons. The summed E-state index contributed by atoms with van der Waals surface area (Å²) in [5.41, 5.74) is 0.154. The van der Waals surface area contributed by atoms with Crippen molar-refractivity contribution in [2.75, 3.05) is 23.8 Å². The Hall–Kier alpha value is -2.39. The largest absolute Gasteiger partial charge is 0.481 e. The maximum absolute atomic E-state index is 12.1. The molecule has 0 bridgehead atoms. The Balaban J connectivity index is 3.22. The summed E-state index contributed by atoms with van der Waals surface area (Å²) in [6, 6.07) is 4.14. The number of ether oxygens (including phenoxy) is 1. The number of hydrogen-bond acceptors (Lipinski definition) is 5. The number of sulfonamides is 1. The zero-order valence-electron chi connectivity index (χ0n) is 13.1. The molecule has 0 saturated heterocycles. The average Bonchev–Trinajstić information content (AvgIpc) is 2.46. The second-order valence-corrected chi connectivity index (χ2v) is 6.85. The minimum atomic E-state index is -3.82. The van der Waals surface area contributed by atoms with Crippen molar-refractivity contribution < 1.29 is 33.0 Å². The molecule has 2 N–H and O–H groups in total. The van der Waals surface area contributed by atoms with E-state index in [1.165, 1.54) is 30.3 Å². The third-order valence-electron chi connectivity index (χ3n) is 3.01. The molecule has 0 amide bonds. The summed E-state index contributed by atoms with van der Waals surface area (Å²) < 4.78 is 30.4. The van der Waals surface area contributed by atoms with Crippen LogP contribution in [-0.2, 0) is 19.6 Å². The Morgan fingerprint density at radius 2 is 1.88 bits per heavy atom. The molecular weight excluding hydrogens is 338 g/mol. The van der Waals surface area contributed by atoms with Crippen LogP contribution in [0.1, 0.15) is 16.8 Å². The summed E-state index contributed by atoms with van der Waals surface area (Å²) >= 11 is 0. The fourth-order valence-electron chi connectivity index (χ4n) is 2.12. The molecule has 1 atom stereocenters. The molecule has 1 rings (SSSR count). The minimum Gasteiger partial charge on any atom is -0.481 e. The van der Waals surface area contributed by atoms with E-state index in [1.54, 1.807) is 0 Å². The van der Waals surface area contributed by atoms with Crippen molar-refractivity contribution in [3.05, 3.63) is 42.5 Å². The summed E-state index contributed by atoms with van der Waals surface area (Å²) in [5.74, 6) is -2.33. The molecule has 0 aromatic heterocycles. The first-order valence-corrected chi connectivity index (χ1v) is 8.74. The number of aliphatic carboxylic acids is 1. The Labute approximate surface area is 140 Å². The van der Waals surface area contributed by atoms with Gasteiger partial charge in [-0.1, -0.05) is 6.08 Å². The molecular formula is C15H19NO7S. The van der Waals surface area contributed by atoms with Gasteiger partial charge in [0.05, 0.1) is 43.2 Å². The number of nitrogens with zero attached hydrogens (tertiary/aromatic N) is 1. The van der Waals surface area contributed by atoms with Crippen molar-refractivity contribution >= 4 is 27.6 Å². The van der Waals surface area contributed by atoms with Gasteiger partial charge >= 0.3 is 11.9 Å². The molecule has 24 heavy (non-hydrogen) atoms. The van der Waals surface area contributed by atoms with Crippen LogP contribution in [0.2, 0.25) is 0 Å². The van der Waals surface area contributed by atoms with E-state index in [4.69, 9.17) is 14.9 Å². The highest BCUT2D eigenvalue weighted by Crippen LogP contribution is 2.23. The first-order valence-electron chi connectivity index (χ1n) is 6.90. The van der Waals surface area contributed by atoms with Gasteiger partial charge in [-0.3, -0.25) is 9.10 Å². The van der Waals surface area contributed by atoms with Crippen molar-refractivity contribution in [1.82, 2.24) is 0 Å². The third-order valence-corrected chi connectivity index (χ3v) is 4.24. The summed E-state index contributed by atoms with van der Waals surface area (Å²) in [6.07, 6.45) is 1.94. The summed E-state index contributed by atoms with van der Waals surface area (Å²) in [6.45, 7) is 3.47. The van der Waals surface area contributed by atoms with Crippen LogP contribution in [0.3, 0.4) is 0 Å². The number of benzene rings is 1. The maximum Gasteiger partial charge on any atom is 0.335 e. The standard InChI is InChI=1S/C15H19NO7S/c1-3-8-23-10-13(9-14(17)18)16(24(2,21)22)12-6-4-11(5-7-12)15(19)20/h3-7,13H,1,8-10H2,2H3,(H,17,18)(H,19,20). The molecule has 0 spiro atoms. The number of carboxylic acids is 2. The second-order valence-electron chi connectivity index (χ2n) is 4.99. The first kappa shape index (κ1) is 19.7. The minimum absolute atomic E-state index is 0.00936. The molecule has 0 saturated carbocycles. The molecule has 0 aliphatic carbocycles. The van der Waals surface area contributed by atoms with Gasteiger partial charge in [0, 0.05) is 0 Å². The lowest BCUT2D eigenvalue weighted by molar-refractivity contribution is -0.137. The quantitative estimate of drug-likeness (QED) is 0.476. The number of aromatic carboxylic acids is 1. The fraction of sp³-hybridized carbons (Fsp3) is 0.333. The molecule has 1 aromatic rings. The van der Waals surface area contributed by atoms with E-state index in [0.717, 1.165) is 10.6 Å². The van der Waals surface area contributed by atoms with E-state index in [9.17, 15) is 18.0 Å². The van der Waals surface area contributed by atoms with Crippen LogP contribution in [0.25, 0.3) is 0 Å². The molecule has 0 fully saturated rings. The molecule has 0 aliphatic rings. The van der Waals surface area contributed by atoms with Crippen LogP contribution in [-0.4, -0.2) is 56.1 Å². The summed E-state index contributed by atoms with van der Waals surface area (Å²) in [7, 11) is -3.82. The molecule has 8 nitrogen and oxygen atoms in total. The topological polar surface area (TPSA) is 121 Å². The van der Waals surface area contributed by atoms with Gasteiger partial charge in [0.25, 0.3) is 0 Å². The fourth-order valence-corrected chi connectivity index (χ4v) is 3.30. The maximum atomic E-state index is 12.1. The van der Waals surface area contributed by atoms with E-state index in [1.807, 2.05) is 0 Å². The Morgan fingerprint density at radius 1 is 1.29 bits per heavy atom. The summed E-state index contributed by atoms with van der Waals surface area (Å²) in [5, 5.41) is 18.0. The zero-order chi connectivity index (χ0) is 18.3. The van der Waals surface area contributed by atoms with Crippen LogP contribution in [0.5, 0.6) is 0 Å². The Morgan fingerprint density at radius 3 is 2.29 bits per heavy atom. The lowest BCUT2D eigenvalue weighted by Gasteiger charge is -2.30. The van der Waals surface area contributed by atoms with E-state index >= 15 is 0 Å². The van der Waals surface area contributed by atoms with Gasteiger partial charge in [-0.05, 0) is 24.3 Å². The van der Waals surface area contributed by atoms with Gasteiger partial charge in [0.15, 0.2) is 0 Å². The highest BCUT2D eigenvalue weighted by atomic mass is 32.2. The lowest BCUT2D eigenvalue weighted by Crippen LogP contribution is -2.44. The number of carbonyl (C=O) groups is 2. The SMILES string of the molecule is C=CCOCC(CC(=O)O)N(c1ccc(C(=O)O)cc1)S(C)(=O)=O. The van der Waals surface area contributed by atoms with E-state index < -0.39 is 34.4 Å². The van der Waals surface area contributed by atoms with Crippen LogP contribution in [0.15, 0.2) is 36.9 Å².